The van der Waals surface area contributed by atoms with E-state index < -0.39 is 18.4 Å². The Morgan fingerprint density at radius 3 is 2.47 bits per heavy atom. The number of rotatable bonds is 10. The highest BCUT2D eigenvalue weighted by Gasteiger charge is 2.16. The minimum absolute atomic E-state index is 0.0518. The van der Waals surface area contributed by atoms with Crippen molar-refractivity contribution in [3.63, 3.8) is 0 Å². The van der Waals surface area contributed by atoms with Crippen LogP contribution in [0, 0.1) is 0 Å². The lowest BCUT2D eigenvalue weighted by atomic mass is 10.0. The average Bonchev–Trinajstić information content (AvgIpc) is 3.20. The van der Waals surface area contributed by atoms with E-state index in [1.54, 1.807) is 32.2 Å². The molecule has 0 aliphatic heterocycles. The number of amides is 1. The van der Waals surface area contributed by atoms with E-state index in [1.807, 2.05) is 12.1 Å². The van der Waals surface area contributed by atoms with Crippen molar-refractivity contribution in [2.75, 3.05) is 12.3 Å². The topological polar surface area (TPSA) is 178 Å². The first-order chi connectivity index (χ1) is 17.1. The van der Waals surface area contributed by atoms with Crippen molar-refractivity contribution in [2.24, 2.45) is 0 Å². The number of anilines is 1. The summed E-state index contributed by atoms with van der Waals surface area (Å²) in [6.45, 7) is 4.77. The predicted octanol–water partition coefficient (Wildman–Crippen LogP) is 2.19. The van der Waals surface area contributed by atoms with Gasteiger partial charge in [-0.2, -0.15) is 4.98 Å². The van der Waals surface area contributed by atoms with Crippen molar-refractivity contribution in [2.45, 2.75) is 52.4 Å². The summed E-state index contributed by atoms with van der Waals surface area (Å²) >= 11 is 0. The number of H-pyrrole nitrogens is 2. The Hall–Kier alpha value is -4.35. The second-order valence-corrected chi connectivity index (χ2v) is 8.28. The molecule has 1 atom stereocenters. The lowest BCUT2D eigenvalue weighted by molar-refractivity contribution is -0.168. The summed E-state index contributed by atoms with van der Waals surface area (Å²) in [6.07, 6.45) is 0.496. The van der Waals surface area contributed by atoms with Crippen molar-refractivity contribution in [1.29, 1.82) is 0 Å². The first kappa shape index (κ1) is 26.3. The van der Waals surface area contributed by atoms with Gasteiger partial charge in [-0.1, -0.05) is 12.1 Å². The van der Waals surface area contributed by atoms with Crippen molar-refractivity contribution in [3.8, 4) is 0 Å². The standard InChI is InChI=1S/C24H29N5O7/c1-13(2)34-24(33)36-14(3)35-18(30)10-11-26-21(31)16-7-4-15(5-8-16)6-9-17-12-27-20-19(17)22(32)29-23(25)28-20/h4-5,7-8,12-14H,6,9-11H2,1-3H3,(H,26,31)(H4,25,27,28,29,32). The summed E-state index contributed by atoms with van der Waals surface area (Å²) in [7, 11) is 0. The largest absolute Gasteiger partial charge is 0.511 e. The Balaban J connectivity index is 1.43. The Kier molecular flexibility index (Phi) is 8.66. The second-order valence-electron chi connectivity index (χ2n) is 8.28. The van der Waals surface area contributed by atoms with E-state index in [4.69, 9.17) is 19.9 Å². The Morgan fingerprint density at radius 2 is 1.78 bits per heavy atom. The summed E-state index contributed by atoms with van der Waals surface area (Å²) < 4.78 is 14.6. The van der Waals surface area contributed by atoms with Crippen LogP contribution in [0.1, 0.15) is 48.7 Å². The highest BCUT2D eigenvalue weighted by molar-refractivity contribution is 5.94. The molecule has 0 spiro atoms. The third-order valence-electron chi connectivity index (χ3n) is 5.05. The number of nitrogen functional groups attached to an aromatic ring is 1. The van der Waals surface area contributed by atoms with Gasteiger partial charge in [0.05, 0.1) is 17.9 Å². The molecule has 1 amide bonds. The molecule has 36 heavy (non-hydrogen) atoms. The maximum atomic E-state index is 12.4. The smallest absolute Gasteiger partial charge is 0.431 e. The van der Waals surface area contributed by atoms with Gasteiger partial charge in [0.25, 0.3) is 11.5 Å². The zero-order valence-corrected chi connectivity index (χ0v) is 20.3. The van der Waals surface area contributed by atoms with Crippen molar-refractivity contribution < 1.29 is 28.6 Å². The molecule has 12 nitrogen and oxygen atoms in total. The molecule has 2 heterocycles. The van der Waals surface area contributed by atoms with Crippen LogP contribution in [0.5, 0.6) is 0 Å². The number of hydrogen-bond donors (Lipinski definition) is 4. The fourth-order valence-electron chi connectivity index (χ4n) is 3.42. The number of nitrogens with zero attached hydrogens (tertiary/aromatic N) is 1. The van der Waals surface area contributed by atoms with Crippen LogP contribution < -0.4 is 16.6 Å². The van der Waals surface area contributed by atoms with Crippen LogP contribution in [0.3, 0.4) is 0 Å². The summed E-state index contributed by atoms with van der Waals surface area (Å²) in [5.74, 6) is -0.922. The molecule has 0 aliphatic carbocycles. The van der Waals surface area contributed by atoms with Gasteiger partial charge >= 0.3 is 12.1 Å². The molecular weight excluding hydrogens is 470 g/mol. The fourth-order valence-corrected chi connectivity index (χ4v) is 3.42. The Labute approximate surface area is 206 Å². The van der Waals surface area contributed by atoms with E-state index in [0.29, 0.717) is 29.4 Å². The normalized spacial score (nSPS) is 11.8. The van der Waals surface area contributed by atoms with Gasteiger partial charge in [-0.05, 0) is 49.9 Å². The summed E-state index contributed by atoms with van der Waals surface area (Å²) in [5.41, 5.74) is 7.96. The van der Waals surface area contributed by atoms with Crippen LogP contribution in [-0.4, -0.2) is 51.9 Å². The van der Waals surface area contributed by atoms with Gasteiger partial charge in [0.15, 0.2) is 0 Å². The van der Waals surface area contributed by atoms with E-state index in [1.165, 1.54) is 6.92 Å². The number of benzene rings is 1. The van der Waals surface area contributed by atoms with Crippen molar-refractivity contribution >= 4 is 35.0 Å². The monoisotopic (exact) mass is 499 g/mol. The Morgan fingerprint density at radius 1 is 1.06 bits per heavy atom. The molecule has 192 valence electrons. The molecule has 0 saturated carbocycles. The summed E-state index contributed by atoms with van der Waals surface area (Å²) in [5, 5.41) is 3.12. The SMILES string of the molecule is CC(C)OC(=O)OC(C)OC(=O)CCNC(=O)c1ccc(CCc2c[nH]c3nc(N)[nH]c(=O)c23)cc1. The number of fused-ring (bicyclic) bond motifs is 1. The minimum atomic E-state index is -1.11. The zero-order chi connectivity index (χ0) is 26.2. The molecule has 0 aliphatic rings. The summed E-state index contributed by atoms with van der Waals surface area (Å²) in [6, 6.07) is 7.02. The first-order valence-corrected chi connectivity index (χ1v) is 11.4. The first-order valence-electron chi connectivity index (χ1n) is 11.4. The van der Waals surface area contributed by atoms with Gasteiger partial charge in [-0.15, -0.1) is 0 Å². The van der Waals surface area contributed by atoms with E-state index >= 15 is 0 Å². The molecule has 0 bridgehead atoms. The molecule has 1 aromatic carbocycles. The van der Waals surface area contributed by atoms with Crippen LogP contribution in [0.15, 0.2) is 35.3 Å². The molecule has 2 aromatic heterocycles. The quantitative estimate of drug-likeness (QED) is 0.240. The van der Waals surface area contributed by atoms with Crippen LogP contribution in [0.4, 0.5) is 10.7 Å². The lowest BCUT2D eigenvalue weighted by Crippen LogP contribution is -2.28. The van der Waals surface area contributed by atoms with E-state index in [0.717, 1.165) is 11.1 Å². The van der Waals surface area contributed by atoms with Crippen LogP contribution in [0.25, 0.3) is 11.0 Å². The number of carbonyl (C=O) groups is 3. The number of aromatic amines is 2. The third kappa shape index (κ3) is 7.32. The third-order valence-corrected chi connectivity index (χ3v) is 5.05. The second kappa shape index (κ2) is 11.9. The summed E-state index contributed by atoms with van der Waals surface area (Å²) in [4.78, 5) is 57.3. The van der Waals surface area contributed by atoms with Crippen LogP contribution in [0.2, 0.25) is 0 Å². The molecule has 12 heteroatoms. The van der Waals surface area contributed by atoms with E-state index in [2.05, 4.69) is 20.3 Å². The molecule has 5 N–H and O–H groups in total. The Bertz CT molecular complexity index is 1280. The minimum Gasteiger partial charge on any atom is -0.431 e. The lowest BCUT2D eigenvalue weighted by Gasteiger charge is -2.15. The molecule has 0 radical (unpaired) electrons. The molecule has 0 saturated heterocycles. The highest BCUT2D eigenvalue weighted by Crippen LogP contribution is 2.16. The fraction of sp³-hybridized carbons (Fsp3) is 0.375. The van der Waals surface area contributed by atoms with E-state index in [-0.39, 0.29) is 36.5 Å². The number of ether oxygens (including phenoxy) is 3. The number of esters is 1. The zero-order valence-electron chi connectivity index (χ0n) is 20.3. The molecular formula is C24H29N5O7. The van der Waals surface area contributed by atoms with Gasteiger partial charge in [0, 0.05) is 25.2 Å². The average molecular weight is 500 g/mol. The van der Waals surface area contributed by atoms with Crippen molar-refractivity contribution in [3.05, 3.63) is 57.5 Å². The number of hydrogen-bond acceptors (Lipinski definition) is 9. The number of aryl methyl sites for hydroxylation is 2. The number of nitrogens with two attached hydrogens (primary N) is 1. The highest BCUT2D eigenvalue weighted by atomic mass is 16.8. The number of aromatic nitrogens is 3. The maximum absolute atomic E-state index is 12.4. The molecule has 1 unspecified atom stereocenters. The van der Waals surface area contributed by atoms with Gasteiger partial charge in [0.1, 0.15) is 5.65 Å². The maximum Gasteiger partial charge on any atom is 0.511 e. The van der Waals surface area contributed by atoms with E-state index in [9.17, 15) is 19.2 Å². The van der Waals surface area contributed by atoms with Gasteiger partial charge < -0.3 is 30.2 Å². The molecule has 0 fully saturated rings. The molecule has 3 rings (SSSR count). The molecule has 3 aromatic rings. The van der Waals surface area contributed by atoms with Gasteiger partial charge in [0.2, 0.25) is 12.2 Å². The van der Waals surface area contributed by atoms with Crippen LogP contribution >= 0.6 is 0 Å². The van der Waals surface area contributed by atoms with Gasteiger partial charge in [-0.25, -0.2) is 4.79 Å². The number of carbonyl (C=O) groups excluding carboxylic acids is 3. The van der Waals surface area contributed by atoms with Crippen LogP contribution in [-0.2, 0) is 31.8 Å². The van der Waals surface area contributed by atoms with Crippen molar-refractivity contribution in [1.82, 2.24) is 20.3 Å². The predicted molar refractivity (Wildman–Crippen MR) is 130 cm³/mol. The van der Waals surface area contributed by atoms with Gasteiger partial charge in [-0.3, -0.25) is 19.4 Å². The number of nitrogens with one attached hydrogen (secondary N) is 3.